The molecule has 84 valence electrons. The quantitative estimate of drug-likeness (QED) is 0.619. The highest BCUT2D eigenvalue weighted by atomic mass is 16.3. The van der Waals surface area contributed by atoms with Crippen LogP contribution in [-0.4, -0.2) is 35.5 Å². The van der Waals surface area contributed by atoms with Crippen LogP contribution in [0.1, 0.15) is 39.0 Å². The maximum Gasteiger partial charge on any atom is 0.0607 e. The average Bonchev–Trinajstić information content (AvgIpc) is 2.26. The van der Waals surface area contributed by atoms with Crippen LogP contribution in [0.5, 0.6) is 0 Å². The van der Waals surface area contributed by atoms with E-state index in [0.29, 0.717) is 6.04 Å². The highest BCUT2D eigenvalue weighted by molar-refractivity contribution is 4.82. The smallest absolute Gasteiger partial charge is 0.0607 e. The van der Waals surface area contributed by atoms with Gasteiger partial charge < -0.3 is 15.5 Å². The summed E-state index contributed by atoms with van der Waals surface area (Å²) in [6, 6.07) is 0.366. The maximum absolute atomic E-state index is 8.99. The number of nitrogens with one attached hydrogen (secondary N) is 1. The van der Waals surface area contributed by atoms with Gasteiger partial charge in [0.15, 0.2) is 0 Å². The van der Waals surface area contributed by atoms with Gasteiger partial charge in [-0.15, -0.1) is 0 Å². The Hall–Kier alpha value is -0.120. The van der Waals surface area contributed by atoms with Gasteiger partial charge in [-0.25, -0.2) is 0 Å². The van der Waals surface area contributed by atoms with Crippen LogP contribution in [0.4, 0.5) is 0 Å². The first kappa shape index (κ1) is 12.0. The third-order valence-electron chi connectivity index (χ3n) is 3.32. The minimum absolute atomic E-state index is 0.0312. The molecule has 0 bridgehead atoms. The van der Waals surface area contributed by atoms with Crippen LogP contribution in [0.2, 0.25) is 0 Å². The number of hydrogen-bond donors (Lipinski definition) is 3. The number of aliphatic hydroxyl groups is 2. The van der Waals surface area contributed by atoms with Crippen LogP contribution in [0.3, 0.4) is 0 Å². The largest absolute Gasteiger partial charge is 0.395 e. The molecular formula is C11H23NO2. The molecule has 0 amide bonds. The summed E-state index contributed by atoms with van der Waals surface area (Å²) in [6.45, 7) is 2.28. The highest BCUT2D eigenvalue weighted by Crippen LogP contribution is 2.26. The second-order valence-corrected chi connectivity index (χ2v) is 4.29. The fourth-order valence-corrected chi connectivity index (χ4v) is 2.38. The van der Waals surface area contributed by atoms with Crippen molar-refractivity contribution in [1.29, 1.82) is 0 Å². The van der Waals surface area contributed by atoms with Crippen LogP contribution in [0.25, 0.3) is 0 Å². The third-order valence-corrected chi connectivity index (χ3v) is 3.32. The molecule has 0 saturated heterocycles. The monoisotopic (exact) mass is 201 g/mol. The van der Waals surface area contributed by atoms with Crippen LogP contribution in [-0.2, 0) is 0 Å². The lowest BCUT2D eigenvalue weighted by Gasteiger charge is -2.33. The van der Waals surface area contributed by atoms with E-state index < -0.39 is 0 Å². The zero-order valence-electron chi connectivity index (χ0n) is 9.08. The molecule has 2 atom stereocenters. The second-order valence-electron chi connectivity index (χ2n) is 4.29. The molecule has 0 aliphatic heterocycles. The van der Waals surface area contributed by atoms with E-state index in [1.165, 1.54) is 32.1 Å². The van der Waals surface area contributed by atoms with Crippen LogP contribution in [0.15, 0.2) is 0 Å². The Balaban J connectivity index is 2.39. The topological polar surface area (TPSA) is 52.5 Å². The van der Waals surface area contributed by atoms with Crippen molar-refractivity contribution in [3.8, 4) is 0 Å². The second kappa shape index (κ2) is 6.38. The van der Waals surface area contributed by atoms with Gasteiger partial charge in [-0.05, 0) is 18.8 Å². The summed E-state index contributed by atoms with van der Waals surface area (Å²) in [6.07, 6.45) is 6.28. The Morgan fingerprint density at radius 1 is 1.21 bits per heavy atom. The fraction of sp³-hybridized carbons (Fsp3) is 1.00. The van der Waals surface area contributed by atoms with Crippen molar-refractivity contribution >= 4 is 0 Å². The first-order valence-corrected chi connectivity index (χ1v) is 5.79. The Labute approximate surface area is 86.5 Å². The van der Waals surface area contributed by atoms with Crippen LogP contribution < -0.4 is 5.32 Å². The molecule has 0 heterocycles. The maximum atomic E-state index is 8.99. The molecule has 0 aromatic rings. The normalized spacial score (nSPS) is 28.3. The van der Waals surface area contributed by atoms with Gasteiger partial charge in [0, 0.05) is 6.04 Å². The van der Waals surface area contributed by atoms with Crippen molar-refractivity contribution < 1.29 is 10.2 Å². The molecule has 1 rings (SSSR count). The molecular weight excluding hydrogens is 178 g/mol. The van der Waals surface area contributed by atoms with Crippen molar-refractivity contribution in [2.75, 3.05) is 13.2 Å². The molecule has 0 radical (unpaired) electrons. The number of hydrogen-bond acceptors (Lipinski definition) is 3. The summed E-state index contributed by atoms with van der Waals surface area (Å²) in [4.78, 5) is 0. The molecule has 0 aromatic heterocycles. The molecule has 3 N–H and O–H groups in total. The average molecular weight is 201 g/mol. The van der Waals surface area contributed by atoms with Gasteiger partial charge >= 0.3 is 0 Å². The lowest BCUT2D eigenvalue weighted by atomic mass is 9.82. The minimum atomic E-state index is -0.132. The van der Waals surface area contributed by atoms with E-state index >= 15 is 0 Å². The summed E-state index contributed by atoms with van der Waals surface area (Å²) >= 11 is 0. The van der Waals surface area contributed by atoms with Crippen molar-refractivity contribution in [3.63, 3.8) is 0 Å². The first-order valence-electron chi connectivity index (χ1n) is 5.79. The van der Waals surface area contributed by atoms with Crippen molar-refractivity contribution in [3.05, 3.63) is 0 Å². The molecule has 3 heteroatoms. The summed E-state index contributed by atoms with van der Waals surface area (Å²) in [7, 11) is 0. The minimum Gasteiger partial charge on any atom is -0.395 e. The molecule has 1 aliphatic rings. The van der Waals surface area contributed by atoms with Crippen molar-refractivity contribution in [2.24, 2.45) is 5.92 Å². The summed E-state index contributed by atoms with van der Waals surface area (Å²) in [5.41, 5.74) is 0. The van der Waals surface area contributed by atoms with Gasteiger partial charge in [-0.3, -0.25) is 0 Å². The van der Waals surface area contributed by atoms with Gasteiger partial charge in [-0.1, -0.05) is 26.2 Å². The zero-order chi connectivity index (χ0) is 10.4. The molecule has 1 aliphatic carbocycles. The Bertz CT molecular complexity index is 148. The standard InChI is InChI=1S/C11H23NO2/c1-2-9-5-3-4-6-11(9)12-10(7-13)8-14/h9-14H,2-8H2,1H3/t9-,11-/m1/s1. The van der Waals surface area contributed by atoms with Gasteiger partial charge in [0.25, 0.3) is 0 Å². The van der Waals surface area contributed by atoms with Gasteiger partial charge in [-0.2, -0.15) is 0 Å². The molecule has 3 nitrogen and oxygen atoms in total. The number of rotatable bonds is 5. The van der Waals surface area contributed by atoms with Crippen LogP contribution in [0, 0.1) is 5.92 Å². The SMILES string of the molecule is CC[C@@H]1CCCC[C@H]1NC(CO)CO. The highest BCUT2D eigenvalue weighted by Gasteiger charge is 2.25. The lowest BCUT2D eigenvalue weighted by molar-refractivity contribution is 0.138. The Morgan fingerprint density at radius 3 is 2.43 bits per heavy atom. The zero-order valence-corrected chi connectivity index (χ0v) is 9.08. The summed E-state index contributed by atoms with van der Waals surface area (Å²) < 4.78 is 0. The van der Waals surface area contributed by atoms with E-state index in [0.717, 1.165) is 5.92 Å². The molecule has 14 heavy (non-hydrogen) atoms. The van der Waals surface area contributed by atoms with Crippen LogP contribution >= 0.6 is 0 Å². The van der Waals surface area contributed by atoms with E-state index in [-0.39, 0.29) is 19.3 Å². The summed E-state index contributed by atoms with van der Waals surface area (Å²) in [5, 5.41) is 21.3. The van der Waals surface area contributed by atoms with Crippen molar-refractivity contribution in [2.45, 2.75) is 51.1 Å². The lowest BCUT2D eigenvalue weighted by Crippen LogP contribution is -2.47. The molecule has 0 unspecified atom stereocenters. The van der Waals surface area contributed by atoms with Gasteiger partial charge in [0.1, 0.15) is 0 Å². The third kappa shape index (κ3) is 3.23. The van der Waals surface area contributed by atoms with E-state index in [9.17, 15) is 0 Å². The van der Waals surface area contributed by atoms with E-state index in [1.807, 2.05) is 0 Å². The molecule has 0 aromatic carbocycles. The molecule has 1 fully saturated rings. The fourth-order valence-electron chi connectivity index (χ4n) is 2.38. The van der Waals surface area contributed by atoms with Gasteiger partial charge in [0.2, 0.25) is 0 Å². The van der Waals surface area contributed by atoms with E-state index in [4.69, 9.17) is 10.2 Å². The Kier molecular flexibility index (Phi) is 5.45. The predicted octanol–water partition coefficient (Wildman–Crippen LogP) is 0.898. The van der Waals surface area contributed by atoms with E-state index in [2.05, 4.69) is 12.2 Å². The summed E-state index contributed by atoms with van der Waals surface area (Å²) in [5.74, 6) is 0.726. The van der Waals surface area contributed by atoms with Crippen molar-refractivity contribution in [1.82, 2.24) is 5.32 Å². The number of aliphatic hydroxyl groups excluding tert-OH is 2. The first-order chi connectivity index (χ1) is 6.81. The Morgan fingerprint density at radius 2 is 1.86 bits per heavy atom. The van der Waals surface area contributed by atoms with E-state index in [1.54, 1.807) is 0 Å². The molecule has 0 spiro atoms. The molecule has 1 saturated carbocycles. The predicted molar refractivity (Wildman–Crippen MR) is 57.1 cm³/mol. The van der Waals surface area contributed by atoms with Gasteiger partial charge in [0.05, 0.1) is 19.3 Å².